The first-order valence-corrected chi connectivity index (χ1v) is 14.5. The van der Waals surface area contributed by atoms with Crippen molar-refractivity contribution in [3.05, 3.63) is 54.1 Å². The number of unbranched alkanes of at least 4 members (excludes halogenated alkanes) is 15. The zero-order valence-electron chi connectivity index (χ0n) is 22.0. The molecule has 1 aromatic heterocycles. The summed E-state index contributed by atoms with van der Waals surface area (Å²) in [6.45, 7) is 5.61. The number of aromatic nitrogens is 2. The zero-order valence-corrected chi connectivity index (χ0v) is 22.0. The van der Waals surface area contributed by atoms with Crippen LogP contribution in [0, 0.1) is 0 Å². The number of aromatic amines is 1. The largest absolute Gasteiger partial charge is 0.257 e. The number of rotatable bonds is 21. The Kier molecular flexibility index (Phi) is 15.8. The number of benzene rings is 1. The predicted octanol–water partition coefficient (Wildman–Crippen LogP) is 9.50. The van der Waals surface area contributed by atoms with Gasteiger partial charge in [0.15, 0.2) is 0 Å². The van der Waals surface area contributed by atoms with Crippen molar-refractivity contribution in [3.63, 3.8) is 0 Å². The summed E-state index contributed by atoms with van der Waals surface area (Å²) < 4.78 is 2.41. The molecule has 0 saturated carbocycles. The van der Waals surface area contributed by atoms with Crippen molar-refractivity contribution < 1.29 is 4.57 Å². The molecule has 2 rings (SSSR count). The highest BCUT2D eigenvalue weighted by Gasteiger charge is 2.21. The van der Waals surface area contributed by atoms with Crippen LogP contribution in [0.2, 0.25) is 0 Å². The molecule has 2 aromatic rings. The normalized spacial score (nSPS) is 12.3. The molecule has 0 fully saturated rings. The van der Waals surface area contributed by atoms with Crippen molar-refractivity contribution in [1.29, 1.82) is 0 Å². The van der Waals surface area contributed by atoms with Gasteiger partial charge in [0, 0.05) is 0 Å². The molecular weight excluding hydrogens is 400 g/mol. The van der Waals surface area contributed by atoms with E-state index in [0.29, 0.717) is 5.92 Å². The van der Waals surface area contributed by atoms with E-state index < -0.39 is 0 Å². The number of nitrogens with one attached hydrogen (secondary N) is 1. The highest BCUT2D eigenvalue weighted by molar-refractivity contribution is 5.13. The summed E-state index contributed by atoms with van der Waals surface area (Å²) in [5, 5.41) is 0. The van der Waals surface area contributed by atoms with E-state index in [1.807, 2.05) is 0 Å². The van der Waals surface area contributed by atoms with Gasteiger partial charge in [-0.1, -0.05) is 147 Å². The molecule has 0 aliphatic heterocycles. The third-order valence-electron chi connectivity index (χ3n) is 7.28. The van der Waals surface area contributed by atoms with Crippen LogP contribution in [0.4, 0.5) is 0 Å². The van der Waals surface area contributed by atoms with Gasteiger partial charge < -0.3 is 0 Å². The van der Waals surface area contributed by atoms with Gasteiger partial charge in [0.05, 0.1) is 5.92 Å². The van der Waals surface area contributed by atoms with Crippen LogP contribution in [0.1, 0.15) is 147 Å². The van der Waals surface area contributed by atoms with E-state index >= 15 is 0 Å². The van der Waals surface area contributed by atoms with Crippen LogP contribution in [0.3, 0.4) is 0 Å². The maximum atomic E-state index is 3.54. The molecule has 1 aromatic carbocycles. The lowest BCUT2D eigenvalue weighted by atomic mass is 9.96. The Morgan fingerprint density at radius 1 is 0.667 bits per heavy atom. The van der Waals surface area contributed by atoms with Gasteiger partial charge in [-0.25, -0.2) is 9.55 Å². The van der Waals surface area contributed by atoms with E-state index in [-0.39, 0.29) is 0 Å². The highest BCUT2D eigenvalue weighted by atomic mass is 15.1. The molecule has 0 radical (unpaired) electrons. The number of nitrogens with zero attached hydrogens (tertiary/aromatic N) is 1. The first-order chi connectivity index (χ1) is 16.3. The molecule has 2 heteroatoms. The van der Waals surface area contributed by atoms with Crippen molar-refractivity contribution in [2.75, 3.05) is 0 Å². The summed E-state index contributed by atoms with van der Waals surface area (Å²) in [6.07, 6.45) is 29.9. The fraction of sp³-hybridized carbons (Fsp3) is 0.710. The first kappa shape index (κ1) is 27.7. The van der Waals surface area contributed by atoms with E-state index in [9.17, 15) is 0 Å². The monoisotopic (exact) mass is 453 g/mol. The van der Waals surface area contributed by atoms with Gasteiger partial charge in [0.1, 0.15) is 18.9 Å². The van der Waals surface area contributed by atoms with Crippen LogP contribution in [-0.2, 0) is 6.54 Å². The third kappa shape index (κ3) is 12.5. The molecule has 0 aliphatic rings. The Labute approximate surface area is 205 Å². The average molecular weight is 454 g/mol. The lowest BCUT2D eigenvalue weighted by Gasteiger charge is -2.12. The molecule has 0 unspecified atom stereocenters. The second kappa shape index (κ2) is 18.8. The third-order valence-corrected chi connectivity index (χ3v) is 7.28. The fourth-order valence-electron chi connectivity index (χ4n) is 5.12. The first-order valence-electron chi connectivity index (χ1n) is 14.5. The molecule has 186 valence electrons. The smallest absolute Gasteiger partial charge is 0.247 e. The Hall–Kier alpha value is -1.57. The molecule has 1 heterocycles. The lowest BCUT2D eigenvalue weighted by Crippen LogP contribution is -2.38. The van der Waals surface area contributed by atoms with Gasteiger partial charge in [0.2, 0.25) is 0 Å². The van der Waals surface area contributed by atoms with Crippen molar-refractivity contribution >= 4 is 0 Å². The molecule has 1 atom stereocenters. The molecule has 2 nitrogen and oxygen atoms in total. The second-order valence-electron chi connectivity index (χ2n) is 10.2. The van der Waals surface area contributed by atoms with Crippen LogP contribution in [-0.4, -0.2) is 4.98 Å². The summed E-state index contributed by atoms with van der Waals surface area (Å²) in [4.78, 5) is 3.54. The predicted molar refractivity (Wildman–Crippen MR) is 144 cm³/mol. The van der Waals surface area contributed by atoms with Gasteiger partial charge in [-0.15, -0.1) is 0 Å². The van der Waals surface area contributed by atoms with Crippen LogP contribution in [0.15, 0.2) is 42.7 Å². The minimum Gasteiger partial charge on any atom is -0.247 e. The van der Waals surface area contributed by atoms with E-state index in [1.165, 1.54) is 127 Å². The molecule has 0 amide bonds. The van der Waals surface area contributed by atoms with Crippen LogP contribution >= 0.6 is 0 Å². The van der Waals surface area contributed by atoms with Crippen LogP contribution in [0.5, 0.6) is 0 Å². The zero-order chi connectivity index (χ0) is 23.4. The Morgan fingerprint density at radius 2 is 1.18 bits per heavy atom. The maximum Gasteiger partial charge on any atom is 0.257 e. The minimum atomic E-state index is 0.648. The van der Waals surface area contributed by atoms with Crippen molar-refractivity contribution in [2.24, 2.45) is 0 Å². The lowest BCUT2D eigenvalue weighted by molar-refractivity contribution is -0.695. The van der Waals surface area contributed by atoms with Crippen molar-refractivity contribution in [1.82, 2.24) is 4.98 Å². The van der Waals surface area contributed by atoms with Gasteiger partial charge in [-0.2, -0.15) is 0 Å². The van der Waals surface area contributed by atoms with Crippen molar-refractivity contribution in [3.8, 4) is 0 Å². The average Bonchev–Trinajstić information content (AvgIpc) is 3.29. The Balaban J connectivity index is 1.46. The molecule has 1 N–H and O–H groups in total. The summed E-state index contributed by atoms with van der Waals surface area (Å²) in [5.74, 6) is 2.05. The summed E-state index contributed by atoms with van der Waals surface area (Å²) in [5.41, 5.74) is 1.38. The minimum absolute atomic E-state index is 0.648. The molecule has 0 saturated heterocycles. The SMILES string of the molecule is CCCCCCCCCCCCCCCCCC[C@H](CC)c1[nH]cc[n+]1Cc1ccccc1. The summed E-state index contributed by atoms with van der Waals surface area (Å²) in [7, 11) is 0. The van der Waals surface area contributed by atoms with E-state index in [4.69, 9.17) is 0 Å². The van der Waals surface area contributed by atoms with Gasteiger partial charge in [-0.3, -0.25) is 0 Å². The van der Waals surface area contributed by atoms with Crippen molar-refractivity contribution in [2.45, 2.75) is 142 Å². The summed E-state index contributed by atoms with van der Waals surface area (Å²) >= 11 is 0. The van der Waals surface area contributed by atoms with E-state index in [1.54, 1.807) is 0 Å². The number of hydrogen-bond acceptors (Lipinski definition) is 0. The summed E-state index contributed by atoms with van der Waals surface area (Å²) in [6, 6.07) is 10.8. The van der Waals surface area contributed by atoms with E-state index in [2.05, 4.69) is 66.1 Å². The number of imidazole rings is 1. The molecule has 33 heavy (non-hydrogen) atoms. The van der Waals surface area contributed by atoms with Crippen LogP contribution in [0.25, 0.3) is 0 Å². The van der Waals surface area contributed by atoms with Gasteiger partial charge in [0.25, 0.3) is 5.82 Å². The number of hydrogen-bond donors (Lipinski definition) is 1. The Bertz CT molecular complexity index is 675. The molecule has 0 spiro atoms. The van der Waals surface area contributed by atoms with Crippen LogP contribution < -0.4 is 4.57 Å². The van der Waals surface area contributed by atoms with Gasteiger partial charge >= 0.3 is 0 Å². The maximum absolute atomic E-state index is 3.54. The fourth-order valence-corrected chi connectivity index (χ4v) is 5.12. The Morgan fingerprint density at radius 3 is 1.70 bits per heavy atom. The highest BCUT2D eigenvalue weighted by Crippen LogP contribution is 2.23. The second-order valence-corrected chi connectivity index (χ2v) is 10.2. The standard InChI is InChI=1S/C31H52N2/c1-3-5-6-7-8-9-10-11-12-13-14-15-16-17-18-22-25-30(4-2)31-32-26-27-33(31)28-29-23-20-19-21-24-29/h19-21,23-24,26-27,30H,3-18,22,25,28H2,1-2H3/p+1/t30-/m0/s1. The molecule has 0 aliphatic carbocycles. The molecule has 0 bridgehead atoms. The number of H-pyrrole nitrogens is 1. The van der Waals surface area contributed by atoms with E-state index in [0.717, 1.165) is 6.54 Å². The van der Waals surface area contributed by atoms with Gasteiger partial charge in [-0.05, 0) is 18.4 Å². The quantitative estimate of drug-likeness (QED) is 0.143. The topological polar surface area (TPSA) is 19.7 Å². The molecular formula is C31H53N2+.